The second kappa shape index (κ2) is 7.78. The molecule has 1 aromatic carbocycles. The molecule has 1 N–H and O–H groups in total. The Hall–Kier alpha value is -1.88. The summed E-state index contributed by atoms with van der Waals surface area (Å²) >= 11 is 0. The van der Waals surface area contributed by atoms with Crippen molar-refractivity contribution < 1.29 is 19.4 Å². The summed E-state index contributed by atoms with van der Waals surface area (Å²) < 4.78 is 5.45. The van der Waals surface area contributed by atoms with E-state index >= 15 is 0 Å². The van der Waals surface area contributed by atoms with Crippen LogP contribution in [-0.4, -0.2) is 48.2 Å². The van der Waals surface area contributed by atoms with Crippen molar-refractivity contribution in [3.8, 4) is 0 Å². The van der Waals surface area contributed by atoms with Gasteiger partial charge in [-0.25, -0.2) is 0 Å². The van der Waals surface area contributed by atoms with Crippen LogP contribution < -0.4 is 0 Å². The lowest BCUT2D eigenvalue weighted by Crippen LogP contribution is -2.45. The SMILES string of the molecule is CC(C)Cc1ccc(CCC(=O)N2C[C@H]3COCC[C@@]3(C(=O)O)C2)cc1. The molecule has 3 rings (SSSR count). The number of amides is 1. The first-order chi connectivity index (χ1) is 12.4. The zero-order valence-corrected chi connectivity index (χ0v) is 15.7. The Labute approximate surface area is 155 Å². The van der Waals surface area contributed by atoms with Gasteiger partial charge in [0.05, 0.1) is 12.0 Å². The van der Waals surface area contributed by atoms with Crippen molar-refractivity contribution in [2.75, 3.05) is 26.3 Å². The number of hydrogen-bond acceptors (Lipinski definition) is 3. The van der Waals surface area contributed by atoms with Crippen LogP contribution in [0, 0.1) is 17.3 Å². The van der Waals surface area contributed by atoms with Crippen molar-refractivity contribution in [3.63, 3.8) is 0 Å². The molecule has 0 bridgehead atoms. The van der Waals surface area contributed by atoms with E-state index in [1.807, 2.05) is 0 Å². The molecule has 0 saturated carbocycles. The predicted octanol–water partition coefficient (Wildman–Crippen LogP) is 2.77. The van der Waals surface area contributed by atoms with Gasteiger partial charge in [-0.2, -0.15) is 0 Å². The highest BCUT2D eigenvalue weighted by Gasteiger charge is 2.54. The van der Waals surface area contributed by atoms with Gasteiger partial charge in [-0.15, -0.1) is 0 Å². The lowest BCUT2D eigenvalue weighted by molar-refractivity contribution is -0.157. The first-order valence-electron chi connectivity index (χ1n) is 9.57. The van der Waals surface area contributed by atoms with Crippen molar-refractivity contribution in [2.45, 2.75) is 39.5 Å². The van der Waals surface area contributed by atoms with E-state index < -0.39 is 11.4 Å². The van der Waals surface area contributed by atoms with Crippen LogP contribution >= 0.6 is 0 Å². The van der Waals surface area contributed by atoms with Gasteiger partial charge in [0.25, 0.3) is 0 Å². The van der Waals surface area contributed by atoms with Crippen molar-refractivity contribution in [3.05, 3.63) is 35.4 Å². The van der Waals surface area contributed by atoms with Gasteiger partial charge < -0.3 is 14.7 Å². The summed E-state index contributed by atoms with van der Waals surface area (Å²) in [7, 11) is 0. The Bertz CT molecular complexity index is 654. The summed E-state index contributed by atoms with van der Waals surface area (Å²) in [5, 5.41) is 9.70. The number of carboxylic acids is 1. The number of fused-ring (bicyclic) bond motifs is 1. The molecule has 2 saturated heterocycles. The number of nitrogens with zero attached hydrogens (tertiary/aromatic N) is 1. The molecule has 0 spiro atoms. The molecule has 0 aromatic heterocycles. The van der Waals surface area contributed by atoms with Crippen molar-refractivity contribution >= 4 is 11.9 Å². The topological polar surface area (TPSA) is 66.8 Å². The Morgan fingerprint density at radius 1 is 1.27 bits per heavy atom. The third kappa shape index (κ3) is 3.93. The summed E-state index contributed by atoms with van der Waals surface area (Å²) in [6, 6.07) is 8.48. The maximum Gasteiger partial charge on any atom is 0.311 e. The molecular weight excluding hydrogens is 330 g/mol. The molecule has 26 heavy (non-hydrogen) atoms. The summed E-state index contributed by atoms with van der Waals surface area (Å²) in [6.45, 7) is 6.13. The van der Waals surface area contributed by atoms with Gasteiger partial charge in [-0.05, 0) is 36.3 Å². The maximum atomic E-state index is 12.6. The van der Waals surface area contributed by atoms with Crippen LogP contribution in [0.1, 0.15) is 37.8 Å². The molecule has 0 radical (unpaired) electrons. The third-order valence-corrected chi connectivity index (χ3v) is 5.78. The van der Waals surface area contributed by atoms with E-state index in [4.69, 9.17) is 4.74 Å². The van der Waals surface area contributed by atoms with Gasteiger partial charge in [-0.3, -0.25) is 9.59 Å². The van der Waals surface area contributed by atoms with Crippen LogP contribution in [0.3, 0.4) is 0 Å². The molecule has 142 valence electrons. The van der Waals surface area contributed by atoms with E-state index in [2.05, 4.69) is 38.1 Å². The second-order valence-electron chi connectivity index (χ2n) is 8.17. The Morgan fingerprint density at radius 2 is 1.96 bits per heavy atom. The number of carboxylic acid groups (broad SMARTS) is 1. The number of carbonyl (C=O) groups is 2. The minimum Gasteiger partial charge on any atom is -0.481 e. The normalized spacial score (nSPS) is 25.3. The van der Waals surface area contributed by atoms with Crippen LogP contribution in [0.5, 0.6) is 0 Å². The predicted molar refractivity (Wildman–Crippen MR) is 98.9 cm³/mol. The summed E-state index contributed by atoms with van der Waals surface area (Å²) in [4.78, 5) is 26.2. The molecule has 2 atom stereocenters. The summed E-state index contributed by atoms with van der Waals surface area (Å²) in [5.74, 6) is -0.201. The quantitative estimate of drug-likeness (QED) is 0.848. The number of hydrogen-bond donors (Lipinski definition) is 1. The van der Waals surface area contributed by atoms with E-state index in [1.165, 1.54) is 5.56 Å². The highest BCUT2D eigenvalue weighted by atomic mass is 16.5. The van der Waals surface area contributed by atoms with E-state index in [9.17, 15) is 14.7 Å². The molecule has 2 aliphatic heterocycles. The van der Waals surface area contributed by atoms with Crippen LogP contribution in [-0.2, 0) is 27.2 Å². The van der Waals surface area contributed by atoms with Crippen molar-refractivity contribution in [1.82, 2.24) is 4.90 Å². The van der Waals surface area contributed by atoms with Gasteiger partial charge >= 0.3 is 5.97 Å². The van der Waals surface area contributed by atoms with E-state index in [0.29, 0.717) is 51.5 Å². The lowest BCUT2D eigenvalue weighted by atomic mass is 9.74. The number of likely N-dealkylation sites (tertiary alicyclic amines) is 1. The number of aryl methyl sites for hydroxylation is 1. The van der Waals surface area contributed by atoms with Gasteiger partial charge in [0.2, 0.25) is 5.91 Å². The third-order valence-electron chi connectivity index (χ3n) is 5.78. The fourth-order valence-electron chi connectivity index (χ4n) is 4.21. The molecule has 1 amide bonds. The fourth-order valence-corrected chi connectivity index (χ4v) is 4.21. The molecule has 1 aromatic rings. The molecule has 5 nitrogen and oxygen atoms in total. The van der Waals surface area contributed by atoms with Crippen LogP contribution in [0.2, 0.25) is 0 Å². The Kier molecular flexibility index (Phi) is 5.66. The monoisotopic (exact) mass is 359 g/mol. The number of carbonyl (C=O) groups excluding carboxylic acids is 1. The number of ether oxygens (including phenoxy) is 1. The zero-order chi connectivity index (χ0) is 18.7. The molecule has 2 fully saturated rings. The van der Waals surface area contributed by atoms with Crippen molar-refractivity contribution in [1.29, 1.82) is 0 Å². The summed E-state index contributed by atoms with van der Waals surface area (Å²) in [5.41, 5.74) is 1.66. The molecular formula is C21H29NO4. The summed E-state index contributed by atoms with van der Waals surface area (Å²) in [6.07, 6.45) is 2.67. The lowest BCUT2D eigenvalue weighted by Gasteiger charge is -2.33. The van der Waals surface area contributed by atoms with E-state index in [-0.39, 0.29) is 11.8 Å². The Morgan fingerprint density at radius 3 is 2.58 bits per heavy atom. The number of benzene rings is 1. The highest BCUT2D eigenvalue weighted by molar-refractivity contribution is 5.81. The highest BCUT2D eigenvalue weighted by Crippen LogP contribution is 2.42. The molecule has 2 aliphatic rings. The maximum absolute atomic E-state index is 12.6. The number of rotatable bonds is 6. The molecule has 5 heteroatoms. The van der Waals surface area contributed by atoms with Crippen LogP contribution in [0.25, 0.3) is 0 Å². The second-order valence-corrected chi connectivity index (χ2v) is 8.17. The van der Waals surface area contributed by atoms with Gasteiger partial charge in [0, 0.05) is 32.0 Å². The largest absolute Gasteiger partial charge is 0.481 e. The number of aliphatic carboxylic acids is 1. The smallest absolute Gasteiger partial charge is 0.311 e. The van der Waals surface area contributed by atoms with E-state index in [0.717, 1.165) is 12.0 Å². The van der Waals surface area contributed by atoms with E-state index in [1.54, 1.807) is 4.90 Å². The molecule has 0 aliphatic carbocycles. The van der Waals surface area contributed by atoms with Gasteiger partial charge in [-0.1, -0.05) is 38.1 Å². The Balaban J connectivity index is 1.56. The standard InChI is InChI=1S/C21H29NO4/c1-15(2)11-17-5-3-16(4-6-17)7-8-19(23)22-12-18-13-26-10-9-21(18,14-22)20(24)25/h3-6,15,18H,7-14H2,1-2H3,(H,24,25)/t18-,21+/m0/s1. The first-order valence-corrected chi connectivity index (χ1v) is 9.57. The first kappa shape index (κ1) is 18.9. The zero-order valence-electron chi connectivity index (χ0n) is 15.7. The van der Waals surface area contributed by atoms with Crippen LogP contribution in [0.4, 0.5) is 0 Å². The van der Waals surface area contributed by atoms with Crippen LogP contribution in [0.15, 0.2) is 24.3 Å². The van der Waals surface area contributed by atoms with Gasteiger partial charge in [0.1, 0.15) is 0 Å². The molecule has 2 heterocycles. The average Bonchev–Trinajstić information content (AvgIpc) is 3.01. The van der Waals surface area contributed by atoms with Gasteiger partial charge in [0.15, 0.2) is 0 Å². The minimum atomic E-state index is -0.813. The minimum absolute atomic E-state index is 0.0475. The fraction of sp³-hybridized carbons (Fsp3) is 0.619. The van der Waals surface area contributed by atoms with Crippen molar-refractivity contribution in [2.24, 2.45) is 17.3 Å². The molecule has 0 unspecified atom stereocenters. The average molecular weight is 359 g/mol.